The molecular formula is C29H44N8O9. The van der Waals surface area contributed by atoms with Gasteiger partial charge in [-0.05, 0) is 31.7 Å². The Morgan fingerprint density at radius 1 is 0.630 bits per heavy atom. The number of aliphatic carboxylic acids is 1. The third kappa shape index (κ3) is 14.1. The van der Waals surface area contributed by atoms with Crippen LogP contribution in [0, 0.1) is 5.92 Å². The lowest BCUT2D eigenvalue weighted by molar-refractivity contribution is -0.143. The average Bonchev–Trinajstić information content (AvgIpc) is 2.95. The van der Waals surface area contributed by atoms with Crippen molar-refractivity contribution < 1.29 is 43.5 Å². The molecule has 46 heavy (non-hydrogen) atoms. The molecule has 1 aromatic carbocycles. The summed E-state index contributed by atoms with van der Waals surface area (Å²) in [4.78, 5) is 98.5. The third-order valence-corrected chi connectivity index (χ3v) is 6.54. The number of carbonyl (C=O) groups excluding carboxylic acids is 7. The van der Waals surface area contributed by atoms with E-state index in [1.165, 1.54) is 13.8 Å². The Morgan fingerprint density at radius 2 is 1.07 bits per heavy atom. The lowest BCUT2D eigenvalue weighted by Crippen LogP contribution is -2.58. The van der Waals surface area contributed by atoms with Crippen LogP contribution >= 0.6 is 0 Å². The molecule has 17 heteroatoms. The van der Waals surface area contributed by atoms with E-state index in [0.29, 0.717) is 12.0 Å². The van der Waals surface area contributed by atoms with Crippen molar-refractivity contribution in [2.75, 3.05) is 0 Å². The van der Waals surface area contributed by atoms with Gasteiger partial charge in [-0.15, -0.1) is 0 Å². The van der Waals surface area contributed by atoms with Gasteiger partial charge in [0.1, 0.15) is 30.2 Å². The minimum absolute atomic E-state index is 0.0672. The van der Waals surface area contributed by atoms with Crippen molar-refractivity contribution >= 4 is 47.3 Å². The molecule has 17 nitrogen and oxygen atoms in total. The minimum Gasteiger partial charge on any atom is -0.480 e. The van der Waals surface area contributed by atoms with Crippen LogP contribution in [0.2, 0.25) is 0 Å². The van der Waals surface area contributed by atoms with Crippen LogP contribution in [-0.2, 0) is 44.8 Å². The van der Waals surface area contributed by atoms with Gasteiger partial charge in [-0.2, -0.15) is 0 Å². The van der Waals surface area contributed by atoms with Crippen LogP contribution < -0.4 is 43.8 Å². The minimum atomic E-state index is -1.64. The highest BCUT2D eigenvalue weighted by atomic mass is 16.4. The van der Waals surface area contributed by atoms with Crippen molar-refractivity contribution in [2.24, 2.45) is 23.1 Å². The van der Waals surface area contributed by atoms with Crippen LogP contribution in [0.4, 0.5) is 0 Å². The number of amides is 7. The van der Waals surface area contributed by atoms with Crippen LogP contribution in [0.1, 0.15) is 52.5 Å². The van der Waals surface area contributed by atoms with E-state index in [9.17, 15) is 43.5 Å². The molecule has 1 aromatic rings. The molecule has 0 unspecified atom stereocenters. The number of primary amides is 2. The summed E-state index contributed by atoms with van der Waals surface area (Å²) in [5.74, 6) is -7.44. The van der Waals surface area contributed by atoms with Crippen molar-refractivity contribution in [3.05, 3.63) is 35.9 Å². The predicted molar refractivity (Wildman–Crippen MR) is 164 cm³/mol. The summed E-state index contributed by atoms with van der Waals surface area (Å²) in [6.45, 7) is 6.30. The second kappa shape index (κ2) is 18.7. The Bertz CT molecular complexity index is 1270. The number of carbonyl (C=O) groups is 8. The summed E-state index contributed by atoms with van der Waals surface area (Å²) in [6, 6.07) is 0.620. The monoisotopic (exact) mass is 648 g/mol. The van der Waals surface area contributed by atoms with E-state index >= 15 is 0 Å². The van der Waals surface area contributed by atoms with Gasteiger partial charge in [0.15, 0.2) is 0 Å². The predicted octanol–water partition coefficient (Wildman–Crippen LogP) is -3.10. The van der Waals surface area contributed by atoms with Gasteiger partial charge in [-0.25, -0.2) is 4.79 Å². The Kier molecular flexibility index (Phi) is 15.8. The van der Waals surface area contributed by atoms with Gasteiger partial charge in [0, 0.05) is 6.42 Å². The van der Waals surface area contributed by atoms with E-state index in [-0.39, 0.29) is 12.3 Å². The molecule has 0 fully saturated rings. The van der Waals surface area contributed by atoms with Crippen LogP contribution in [0.25, 0.3) is 0 Å². The fraction of sp³-hybridized carbons (Fsp3) is 0.517. The van der Waals surface area contributed by atoms with Gasteiger partial charge < -0.3 is 48.9 Å². The molecular weight excluding hydrogens is 604 g/mol. The lowest BCUT2D eigenvalue weighted by Gasteiger charge is -2.24. The third-order valence-electron chi connectivity index (χ3n) is 6.54. The smallest absolute Gasteiger partial charge is 0.326 e. The largest absolute Gasteiger partial charge is 0.480 e. The molecule has 0 aliphatic carbocycles. The SMILES string of the molecule is CC(C)C[C@H](N)C(=O)N[C@@H](CC(N)=O)C(=O)N[C@@H](C)C(=O)N[C@@H](C)C(=O)N[C@@H](Cc1ccccc1)C(=O)N[C@@H](CC(N)=O)C(=O)O. The average molecular weight is 649 g/mol. The summed E-state index contributed by atoms with van der Waals surface area (Å²) >= 11 is 0. The Hall–Kier alpha value is -5.06. The van der Waals surface area contributed by atoms with Crippen LogP contribution in [-0.4, -0.2) is 88.7 Å². The van der Waals surface area contributed by atoms with Crippen molar-refractivity contribution in [3.8, 4) is 0 Å². The molecule has 0 aromatic heterocycles. The van der Waals surface area contributed by atoms with E-state index in [0.717, 1.165) is 0 Å². The highest BCUT2D eigenvalue weighted by molar-refractivity contribution is 5.97. The van der Waals surface area contributed by atoms with Crippen LogP contribution in [0.5, 0.6) is 0 Å². The fourth-order valence-electron chi connectivity index (χ4n) is 4.12. The molecule has 0 bridgehead atoms. The standard InChI is InChI=1S/C29H44N8O9/c1-14(2)10-18(30)26(42)36-20(12-22(31)38)27(43)34-15(3)24(40)33-16(4)25(41)35-19(11-17-8-6-5-7-9-17)28(44)37-21(29(45)46)13-23(32)39/h5-9,14-16,18-21H,10-13,30H2,1-4H3,(H2,31,38)(H2,32,39)(H,33,40)(H,34,43)(H,35,41)(H,36,42)(H,37,44)(H,45,46)/t15-,16-,18-,19-,20-,21-/m0/s1. The van der Waals surface area contributed by atoms with Gasteiger partial charge in [-0.1, -0.05) is 44.2 Å². The number of carboxylic acids is 1. The normalized spacial score (nSPS) is 14.7. The lowest BCUT2D eigenvalue weighted by atomic mass is 10.0. The summed E-state index contributed by atoms with van der Waals surface area (Å²) in [5, 5.41) is 21.1. The molecule has 1 rings (SSSR count). The first kappa shape index (κ1) is 39.0. The summed E-state index contributed by atoms with van der Waals surface area (Å²) in [6.07, 6.45) is -0.997. The van der Waals surface area contributed by atoms with Crippen molar-refractivity contribution in [3.63, 3.8) is 0 Å². The van der Waals surface area contributed by atoms with Gasteiger partial charge in [0.2, 0.25) is 41.4 Å². The Balaban J connectivity index is 2.95. The number of hydrogen-bond donors (Lipinski definition) is 9. The fourth-order valence-corrected chi connectivity index (χ4v) is 4.12. The number of benzene rings is 1. The summed E-state index contributed by atoms with van der Waals surface area (Å²) in [7, 11) is 0. The number of nitrogens with two attached hydrogens (primary N) is 3. The van der Waals surface area contributed by atoms with Crippen molar-refractivity contribution in [2.45, 2.75) is 89.6 Å². The first-order chi connectivity index (χ1) is 21.4. The molecule has 0 heterocycles. The first-order valence-corrected chi connectivity index (χ1v) is 14.5. The second-order valence-corrected chi connectivity index (χ2v) is 11.2. The molecule has 0 radical (unpaired) electrons. The molecule has 12 N–H and O–H groups in total. The van der Waals surface area contributed by atoms with E-state index in [2.05, 4.69) is 26.6 Å². The van der Waals surface area contributed by atoms with E-state index in [1.54, 1.807) is 30.3 Å². The Morgan fingerprint density at radius 3 is 1.57 bits per heavy atom. The number of nitrogens with one attached hydrogen (secondary N) is 5. The summed E-state index contributed by atoms with van der Waals surface area (Å²) in [5.41, 5.74) is 16.8. The molecule has 0 aliphatic rings. The van der Waals surface area contributed by atoms with Gasteiger partial charge in [0.05, 0.1) is 18.9 Å². The highest BCUT2D eigenvalue weighted by Gasteiger charge is 2.31. The van der Waals surface area contributed by atoms with E-state index in [1.807, 2.05) is 13.8 Å². The van der Waals surface area contributed by atoms with Gasteiger partial charge in [0.25, 0.3) is 0 Å². The molecule has 0 spiro atoms. The van der Waals surface area contributed by atoms with Crippen LogP contribution in [0.15, 0.2) is 30.3 Å². The first-order valence-electron chi connectivity index (χ1n) is 14.5. The molecule has 7 amide bonds. The zero-order chi connectivity index (χ0) is 35.1. The zero-order valence-electron chi connectivity index (χ0n) is 26.2. The highest BCUT2D eigenvalue weighted by Crippen LogP contribution is 2.06. The van der Waals surface area contributed by atoms with Crippen molar-refractivity contribution in [1.82, 2.24) is 26.6 Å². The second-order valence-electron chi connectivity index (χ2n) is 11.2. The van der Waals surface area contributed by atoms with E-state index < -0.39 is 96.4 Å². The Labute approximate surface area is 266 Å². The molecule has 6 atom stereocenters. The van der Waals surface area contributed by atoms with Crippen molar-refractivity contribution in [1.29, 1.82) is 0 Å². The maximum Gasteiger partial charge on any atom is 0.326 e. The molecule has 254 valence electrons. The molecule has 0 saturated heterocycles. The van der Waals surface area contributed by atoms with E-state index in [4.69, 9.17) is 17.2 Å². The van der Waals surface area contributed by atoms with Gasteiger partial charge in [-0.3, -0.25) is 33.6 Å². The summed E-state index contributed by atoms with van der Waals surface area (Å²) < 4.78 is 0. The van der Waals surface area contributed by atoms with Crippen LogP contribution in [0.3, 0.4) is 0 Å². The van der Waals surface area contributed by atoms with Gasteiger partial charge >= 0.3 is 5.97 Å². The number of carboxylic acid groups (broad SMARTS) is 1. The quantitative estimate of drug-likeness (QED) is 0.0728. The topological polar surface area (TPSA) is 295 Å². The molecule has 0 saturated carbocycles. The molecule has 0 aliphatic heterocycles. The number of rotatable bonds is 19. The maximum absolute atomic E-state index is 13.0. The zero-order valence-corrected chi connectivity index (χ0v) is 26.2. The maximum atomic E-state index is 13.0. The number of hydrogen-bond acceptors (Lipinski definition) is 9.